The lowest BCUT2D eigenvalue weighted by Crippen LogP contribution is -2.00. The highest BCUT2D eigenvalue weighted by Gasteiger charge is 1.96. The summed E-state index contributed by atoms with van der Waals surface area (Å²) in [7, 11) is 0. The fourth-order valence-electron chi connectivity index (χ4n) is 4.41. The Morgan fingerprint density at radius 2 is 0.688 bits per heavy atom. The Balaban J connectivity index is 2.98. The van der Waals surface area contributed by atoms with Gasteiger partial charge in [0.15, 0.2) is 0 Å². The van der Waals surface area contributed by atoms with Gasteiger partial charge in [-0.1, -0.05) is 155 Å². The summed E-state index contributed by atoms with van der Waals surface area (Å²) in [6, 6.07) is 0. The Bertz CT molecular complexity index is 277. The first kappa shape index (κ1) is 32.3. The maximum atomic E-state index is 5.81. The average Bonchev–Trinajstić information content (AvgIpc) is 2.81. The molecule has 0 aromatic rings. The molecule has 0 aromatic carbocycles. The molecule has 0 unspecified atom stereocenters. The van der Waals surface area contributed by atoms with E-state index in [2.05, 4.69) is 25.6 Å². The highest BCUT2D eigenvalue weighted by atomic mass is 32.2. The first-order chi connectivity index (χ1) is 15.9. The van der Waals surface area contributed by atoms with Crippen molar-refractivity contribution in [2.24, 2.45) is 0 Å². The monoisotopic (exact) mass is 470 g/mol. The van der Waals surface area contributed by atoms with Crippen LogP contribution in [0.2, 0.25) is 0 Å². The van der Waals surface area contributed by atoms with Gasteiger partial charge in [0.1, 0.15) is 0 Å². The van der Waals surface area contributed by atoms with Crippen LogP contribution in [0.5, 0.6) is 0 Å². The van der Waals surface area contributed by atoms with Gasteiger partial charge in [-0.15, -0.1) is 0 Å². The number of rotatable bonds is 29. The molecule has 1 nitrogen and oxygen atoms in total. The van der Waals surface area contributed by atoms with Crippen LogP contribution >= 0.6 is 11.8 Å². The van der Waals surface area contributed by atoms with Crippen LogP contribution in [0.4, 0.5) is 0 Å². The molecule has 0 aliphatic rings. The first-order valence-corrected chi connectivity index (χ1v) is 16.2. The Hall–Kier alpha value is 0.310. The van der Waals surface area contributed by atoms with E-state index < -0.39 is 0 Å². The van der Waals surface area contributed by atoms with Crippen molar-refractivity contribution in [3.8, 4) is 0 Å². The van der Waals surface area contributed by atoms with Gasteiger partial charge in [-0.2, -0.15) is 11.8 Å². The molecular weight excluding hydrogens is 408 g/mol. The van der Waals surface area contributed by atoms with Crippen molar-refractivity contribution in [3.63, 3.8) is 0 Å². The lowest BCUT2D eigenvalue weighted by atomic mass is 10.0. The van der Waals surface area contributed by atoms with Gasteiger partial charge < -0.3 is 4.74 Å². The van der Waals surface area contributed by atoms with Gasteiger partial charge in [0, 0.05) is 12.4 Å². The molecule has 0 saturated carbocycles. The predicted octanol–water partition coefficient (Wildman–Crippen LogP) is 11.1. The number of unbranched alkanes of at least 4 members (excludes halogenated alkanes) is 22. The van der Waals surface area contributed by atoms with E-state index in [0.717, 1.165) is 13.2 Å². The molecule has 0 fully saturated rings. The predicted molar refractivity (Wildman–Crippen MR) is 150 cm³/mol. The van der Waals surface area contributed by atoms with E-state index in [1.54, 1.807) is 0 Å². The second-order valence-electron chi connectivity index (χ2n) is 10.0. The van der Waals surface area contributed by atoms with Crippen LogP contribution in [0, 0.1) is 0 Å². The standard InChI is InChI=1S/C30H62OS/c1-3-5-7-9-11-13-15-16-17-18-20-22-24-26-29-32-30-28-31-27-25-23-21-19-14-12-10-8-6-4-2/h3-30H2,1-2H3. The summed E-state index contributed by atoms with van der Waals surface area (Å²) in [6.45, 7) is 6.53. The Morgan fingerprint density at radius 1 is 0.344 bits per heavy atom. The largest absolute Gasteiger partial charge is 0.381 e. The number of hydrogen-bond donors (Lipinski definition) is 0. The second-order valence-corrected chi connectivity index (χ2v) is 11.2. The molecule has 0 aliphatic heterocycles. The van der Waals surface area contributed by atoms with E-state index in [1.165, 1.54) is 166 Å². The molecule has 0 bridgehead atoms. The molecule has 0 spiro atoms. The summed E-state index contributed by atoms with van der Waals surface area (Å²) in [5.41, 5.74) is 0. The van der Waals surface area contributed by atoms with Gasteiger partial charge in [-0.25, -0.2) is 0 Å². The molecule has 0 amide bonds. The van der Waals surface area contributed by atoms with Gasteiger partial charge in [0.2, 0.25) is 0 Å². The van der Waals surface area contributed by atoms with Crippen molar-refractivity contribution in [3.05, 3.63) is 0 Å². The van der Waals surface area contributed by atoms with E-state index in [4.69, 9.17) is 4.74 Å². The number of thioether (sulfide) groups is 1. The van der Waals surface area contributed by atoms with E-state index in [9.17, 15) is 0 Å². The molecule has 0 rings (SSSR count). The lowest BCUT2D eigenvalue weighted by Gasteiger charge is -2.05. The minimum absolute atomic E-state index is 0.959. The SMILES string of the molecule is CCCCCCCCCCCCCCCCSCCOCCCCCCCCCCCC. The first-order valence-electron chi connectivity index (χ1n) is 15.1. The third-order valence-corrected chi connectivity index (χ3v) is 7.69. The quantitative estimate of drug-likeness (QED) is 0.100. The van der Waals surface area contributed by atoms with Crippen LogP contribution in [-0.2, 0) is 4.74 Å². The maximum Gasteiger partial charge on any atom is 0.0556 e. The zero-order valence-corrected chi connectivity index (χ0v) is 23.4. The van der Waals surface area contributed by atoms with Crippen molar-refractivity contribution in [1.82, 2.24) is 0 Å². The minimum atomic E-state index is 0.959. The summed E-state index contributed by atoms with van der Waals surface area (Å²) in [4.78, 5) is 0. The third kappa shape index (κ3) is 30.3. The lowest BCUT2D eigenvalue weighted by molar-refractivity contribution is 0.145. The van der Waals surface area contributed by atoms with Gasteiger partial charge >= 0.3 is 0 Å². The van der Waals surface area contributed by atoms with Crippen molar-refractivity contribution in [2.75, 3.05) is 24.7 Å². The average molecular weight is 471 g/mol. The molecule has 2 heteroatoms. The molecule has 0 aliphatic carbocycles. The molecule has 0 aromatic heterocycles. The van der Waals surface area contributed by atoms with Crippen molar-refractivity contribution >= 4 is 11.8 Å². The second kappa shape index (κ2) is 31.3. The van der Waals surface area contributed by atoms with Crippen molar-refractivity contribution in [1.29, 1.82) is 0 Å². The van der Waals surface area contributed by atoms with Crippen LogP contribution in [0.3, 0.4) is 0 Å². The van der Waals surface area contributed by atoms with Gasteiger partial charge in [-0.05, 0) is 18.6 Å². The summed E-state index contributed by atoms with van der Waals surface area (Å²) >= 11 is 2.10. The van der Waals surface area contributed by atoms with Gasteiger partial charge in [-0.3, -0.25) is 0 Å². The summed E-state index contributed by atoms with van der Waals surface area (Å²) in [5.74, 6) is 2.52. The van der Waals surface area contributed by atoms with E-state index in [1.807, 2.05) is 0 Å². The van der Waals surface area contributed by atoms with Crippen LogP contribution in [-0.4, -0.2) is 24.7 Å². The maximum absolute atomic E-state index is 5.81. The van der Waals surface area contributed by atoms with Gasteiger partial charge in [0.25, 0.3) is 0 Å². The third-order valence-electron chi connectivity index (χ3n) is 6.66. The van der Waals surface area contributed by atoms with Gasteiger partial charge in [0.05, 0.1) is 6.61 Å². The molecule has 0 saturated heterocycles. The summed E-state index contributed by atoms with van der Waals surface area (Å²) < 4.78 is 5.81. The topological polar surface area (TPSA) is 9.23 Å². The molecule has 0 N–H and O–H groups in total. The van der Waals surface area contributed by atoms with E-state index in [0.29, 0.717) is 0 Å². The number of hydrogen-bond acceptors (Lipinski definition) is 2. The highest BCUT2D eigenvalue weighted by molar-refractivity contribution is 7.99. The molecule has 0 atom stereocenters. The Kier molecular flexibility index (Phi) is 31.6. The fraction of sp³-hybridized carbons (Fsp3) is 1.00. The summed E-state index contributed by atoms with van der Waals surface area (Å²) in [6.07, 6.45) is 34.4. The van der Waals surface area contributed by atoms with Crippen LogP contribution in [0.15, 0.2) is 0 Å². The number of ether oxygens (including phenoxy) is 1. The molecule has 32 heavy (non-hydrogen) atoms. The highest BCUT2D eigenvalue weighted by Crippen LogP contribution is 2.14. The van der Waals surface area contributed by atoms with Crippen molar-refractivity contribution < 1.29 is 4.74 Å². The zero-order valence-electron chi connectivity index (χ0n) is 22.6. The van der Waals surface area contributed by atoms with Crippen molar-refractivity contribution in [2.45, 2.75) is 168 Å². The van der Waals surface area contributed by atoms with Crippen LogP contribution < -0.4 is 0 Å². The zero-order chi connectivity index (χ0) is 23.2. The van der Waals surface area contributed by atoms with E-state index in [-0.39, 0.29) is 0 Å². The molecule has 0 radical (unpaired) electrons. The molecular formula is C30H62OS. The van der Waals surface area contributed by atoms with Crippen LogP contribution in [0.25, 0.3) is 0 Å². The molecule has 194 valence electrons. The van der Waals surface area contributed by atoms with Crippen LogP contribution in [0.1, 0.15) is 168 Å². The minimum Gasteiger partial charge on any atom is -0.381 e. The Morgan fingerprint density at radius 3 is 1.09 bits per heavy atom. The van der Waals surface area contributed by atoms with E-state index >= 15 is 0 Å². The normalized spacial score (nSPS) is 11.4. The molecule has 0 heterocycles. The Labute approximate surface area is 209 Å². The summed E-state index contributed by atoms with van der Waals surface area (Å²) in [5, 5.41) is 0. The smallest absolute Gasteiger partial charge is 0.0556 e. The fourth-order valence-corrected chi connectivity index (χ4v) is 5.26.